The molecular weight excluding hydrogens is 153 g/mol. The fraction of sp³-hybridized carbons (Fsp3) is 0.400. The van der Waals surface area contributed by atoms with Crippen LogP contribution in [0.1, 0.15) is 23.7 Å². The van der Waals surface area contributed by atoms with Crippen LogP contribution >= 0.6 is 0 Å². The van der Waals surface area contributed by atoms with Gasteiger partial charge in [-0.15, -0.1) is 0 Å². The van der Waals surface area contributed by atoms with Crippen molar-refractivity contribution in [2.75, 3.05) is 6.54 Å². The van der Waals surface area contributed by atoms with Crippen LogP contribution < -0.4 is 5.73 Å². The highest BCUT2D eigenvalue weighted by molar-refractivity contribution is 5.23. The number of alkyl halides is 1. The fourth-order valence-electron chi connectivity index (χ4n) is 1.18. The van der Waals surface area contributed by atoms with E-state index in [9.17, 15) is 4.39 Å². The minimum absolute atomic E-state index is 0.398. The zero-order valence-corrected chi connectivity index (χ0v) is 7.26. The molecule has 0 radical (unpaired) electrons. The zero-order chi connectivity index (χ0) is 8.97. The van der Waals surface area contributed by atoms with Crippen LogP contribution in [0.5, 0.6) is 0 Å². The lowest BCUT2D eigenvalue weighted by atomic mass is 10.1. The lowest BCUT2D eigenvalue weighted by molar-refractivity contribution is 0.327. The Labute approximate surface area is 72.4 Å². The van der Waals surface area contributed by atoms with E-state index in [-0.39, 0.29) is 0 Å². The summed E-state index contributed by atoms with van der Waals surface area (Å²) >= 11 is 0. The molecule has 0 aliphatic carbocycles. The Morgan fingerprint density at radius 1 is 1.50 bits per heavy atom. The third kappa shape index (κ3) is 2.31. The van der Waals surface area contributed by atoms with E-state index < -0.39 is 6.17 Å². The molecule has 1 rings (SSSR count). The molecule has 0 saturated heterocycles. The van der Waals surface area contributed by atoms with Gasteiger partial charge in [-0.25, -0.2) is 4.39 Å². The van der Waals surface area contributed by atoms with E-state index in [4.69, 9.17) is 5.73 Å². The molecule has 1 nitrogen and oxygen atoms in total. The molecule has 0 aliphatic heterocycles. The Morgan fingerprint density at radius 3 is 2.83 bits per heavy atom. The largest absolute Gasteiger partial charge is 0.330 e. The number of benzene rings is 1. The number of aryl methyl sites for hydroxylation is 1. The van der Waals surface area contributed by atoms with E-state index in [1.54, 1.807) is 6.07 Å². The predicted molar refractivity (Wildman–Crippen MR) is 48.7 cm³/mol. The monoisotopic (exact) mass is 167 g/mol. The molecule has 1 aromatic rings. The fourth-order valence-corrected chi connectivity index (χ4v) is 1.18. The number of hydrogen-bond acceptors (Lipinski definition) is 1. The Bertz CT molecular complexity index is 247. The van der Waals surface area contributed by atoms with Crippen LogP contribution in [0.15, 0.2) is 24.3 Å². The standard InChI is InChI=1S/C10H14FN/c1-8-3-2-4-9(7-8)10(11)5-6-12/h2-4,7,10H,5-6,12H2,1H3. The molecule has 0 aliphatic rings. The topological polar surface area (TPSA) is 26.0 Å². The lowest BCUT2D eigenvalue weighted by Crippen LogP contribution is -2.03. The van der Waals surface area contributed by atoms with Crippen molar-refractivity contribution >= 4 is 0 Å². The van der Waals surface area contributed by atoms with Gasteiger partial charge in [0.25, 0.3) is 0 Å². The van der Waals surface area contributed by atoms with Crippen molar-refractivity contribution in [1.29, 1.82) is 0 Å². The van der Waals surface area contributed by atoms with Crippen LogP contribution in [-0.2, 0) is 0 Å². The van der Waals surface area contributed by atoms with E-state index in [1.807, 2.05) is 25.1 Å². The summed E-state index contributed by atoms with van der Waals surface area (Å²) in [6.45, 7) is 2.35. The highest BCUT2D eigenvalue weighted by Crippen LogP contribution is 2.20. The van der Waals surface area contributed by atoms with Gasteiger partial charge >= 0.3 is 0 Å². The van der Waals surface area contributed by atoms with E-state index in [2.05, 4.69) is 0 Å². The minimum atomic E-state index is -0.908. The summed E-state index contributed by atoms with van der Waals surface area (Å²) in [5.41, 5.74) is 7.09. The summed E-state index contributed by atoms with van der Waals surface area (Å²) < 4.78 is 13.2. The van der Waals surface area contributed by atoms with Gasteiger partial charge in [-0.05, 0) is 25.5 Å². The molecular formula is C10H14FN. The first-order valence-corrected chi connectivity index (χ1v) is 4.14. The van der Waals surface area contributed by atoms with E-state index in [0.29, 0.717) is 13.0 Å². The lowest BCUT2D eigenvalue weighted by Gasteiger charge is -2.06. The van der Waals surface area contributed by atoms with Crippen LogP contribution in [0.25, 0.3) is 0 Å². The third-order valence-corrected chi connectivity index (χ3v) is 1.82. The summed E-state index contributed by atoms with van der Waals surface area (Å²) in [5, 5.41) is 0. The maximum Gasteiger partial charge on any atom is 0.126 e. The number of halogens is 1. The summed E-state index contributed by atoms with van der Waals surface area (Å²) in [6, 6.07) is 7.49. The molecule has 0 fully saturated rings. The summed E-state index contributed by atoms with van der Waals surface area (Å²) in [5.74, 6) is 0. The number of nitrogens with two attached hydrogens (primary N) is 1. The Hall–Kier alpha value is -0.890. The molecule has 66 valence electrons. The summed E-state index contributed by atoms with van der Waals surface area (Å²) in [4.78, 5) is 0. The molecule has 0 heterocycles. The minimum Gasteiger partial charge on any atom is -0.330 e. The third-order valence-electron chi connectivity index (χ3n) is 1.82. The van der Waals surface area contributed by atoms with Crippen molar-refractivity contribution in [2.45, 2.75) is 19.5 Å². The normalized spacial score (nSPS) is 12.9. The smallest absolute Gasteiger partial charge is 0.126 e. The molecule has 1 aromatic carbocycles. The van der Waals surface area contributed by atoms with Crippen LogP contribution in [-0.4, -0.2) is 6.54 Å². The molecule has 1 atom stereocenters. The number of rotatable bonds is 3. The molecule has 0 aromatic heterocycles. The molecule has 0 bridgehead atoms. The van der Waals surface area contributed by atoms with Gasteiger partial charge in [0.2, 0.25) is 0 Å². The van der Waals surface area contributed by atoms with Crippen molar-refractivity contribution in [2.24, 2.45) is 5.73 Å². The Balaban J connectivity index is 2.73. The van der Waals surface area contributed by atoms with Gasteiger partial charge in [-0.3, -0.25) is 0 Å². The van der Waals surface area contributed by atoms with Crippen LogP contribution in [0.2, 0.25) is 0 Å². The van der Waals surface area contributed by atoms with Gasteiger partial charge in [-0.2, -0.15) is 0 Å². The predicted octanol–water partition coefficient (Wildman–Crippen LogP) is 2.35. The SMILES string of the molecule is Cc1cccc(C(F)CCN)c1. The summed E-state index contributed by atoms with van der Waals surface area (Å²) in [7, 11) is 0. The molecule has 0 spiro atoms. The van der Waals surface area contributed by atoms with Crippen LogP contribution in [0.3, 0.4) is 0 Å². The molecule has 12 heavy (non-hydrogen) atoms. The molecule has 0 amide bonds. The maximum absolute atomic E-state index is 13.2. The molecule has 0 saturated carbocycles. The van der Waals surface area contributed by atoms with Crippen molar-refractivity contribution in [3.8, 4) is 0 Å². The Kier molecular flexibility index (Phi) is 3.23. The van der Waals surface area contributed by atoms with Crippen molar-refractivity contribution in [3.05, 3.63) is 35.4 Å². The second-order valence-electron chi connectivity index (χ2n) is 2.96. The highest BCUT2D eigenvalue weighted by Gasteiger charge is 2.07. The van der Waals surface area contributed by atoms with Crippen LogP contribution in [0.4, 0.5) is 4.39 Å². The Morgan fingerprint density at radius 2 is 2.25 bits per heavy atom. The molecule has 1 unspecified atom stereocenters. The quantitative estimate of drug-likeness (QED) is 0.734. The van der Waals surface area contributed by atoms with Gasteiger partial charge in [0.1, 0.15) is 6.17 Å². The molecule has 2 N–H and O–H groups in total. The highest BCUT2D eigenvalue weighted by atomic mass is 19.1. The van der Waals surface area contributed by atoms with Crippen molar-refractivity contribution in [3.63, 3.8) is 0 Å². The average Bonchev–Trinajstić information content (AvgIpc) is 2.05. The van der Waals surface area contributed by atoms with Crippen molar-refractivity contribution in [1.82, 2.24) is 0 Å². The second kappa shape index (κ2) is 4.21. The second-order valence-corrected chi connectivity index (χ2v) is 2.96. The van der Waals surface area contributed by atoms with E-state index in [1.165, 1.54) is 0 Å². The van der Waals surface area contributed by atoms with Gasteiger partial charge < -0.3 is 5.73 Å². The van der Waals surface area contributed by atoms with Gasteiger partial charge in [0, 0.05) is 0 Å². The first-order valence-electron chi connectivity index (χ1n) is 4.14. The molecule has 2 heteroatoms. The van der Waals surface area contributed by atoms with Gasteiger partial charge in [0.05, 0.1) is 0 Å². The van der Waals surface area contributed by atoms with Crippen molar-refractivity contribution < 1.29 is 4.39 Å². The van der Waals surface area contributed by atoms with Gasteiger partial charge in [0.15, 0.2) is 0 Å². The zero-order valence-electron chi connectivity index (χ0n) is 7.26. The van der Waals surface area contributed by atoms with Gasteiger partial charge in [-0.1, -0.05) is 29.8 Å². The van der Waals surface area contributed by atoms with Crippen LogP contribution in [0, 0.1) is 6.92 Å². The first kappa shape index (κ1) is 9.20. The average molecular weight is 167 g/mol. The van der Waals surface area contributed by atoms with E-state index >= 15 is 0 Å². The first-order chi connectivity index (χ1) is 5.74. The van der Waals surface area contributed by atoms with E-state index in [0.717, 1.165) is 11.1 Å². The number of hydrogen-bond donors (Lipinski definition) is 1. The maximum atomic E-state index is 13.2. The summed E-state index contributed by atoms with van der Waals surface area (Å²) in [6.07, 6.45) is -0.501.